The Balaban J connectivity index is 1.66. The Labute approximate surface area is 111 Å². The minimum absolute atomic E-state index is 0.560. The number of rotatable bonds is 4. The molecule has 2 aliphatic heterocycles. The topological polar surface area (TPSA) is 38.7 Å². The van der Waals surface area contributed by atoms with Gasteiger partial charge in [-0.05, 0) is 45.7 Å². The molecule has 2 N–H and O–H groups in total. The highest BCUT2D eigenvalue weighted by Crippen LogP contribution is 2.14. The van der Waals surface area contributed by atoms with E-state index in [4.69, 9.17) is 0 Å². The monoisotopic (exact) mass is 255 g/mol. The molecular weight excluding hydrogens is 226 g/mol. The van der Waals surface area contributed by atoms with Gasteiger partial charge in [-0.3, -0.25) is 4.90 Å². The maximum Gasteiger partial charge on any atom is 0.0718 e. The molecule has 0 saturated carbocycles. The SMILES string of the molecule is CC(C)(O)CN1CCN(CC2CCCNC2)CC1. The number of β-amino-alcohol motifs (C(OH)–C–C–N with tert-alkyl or cyclic N) is 1. The summed E-state index contributed by atoms with van der Waals surface area (Å²) in [6, 6.07) is 0. The first-order valence-electron chi connectivity index (χ1n) is 7.41. The van der Waals surface area contributed by atoms with E-state index in [1.165, 1.54) is 32.5 Å². The van der Waals surface area contributed by atoms with Gasteiger partial charge >= 0.3 is 0 Å². The molecule has 0 aromatic rings. The van der Waals surface area contributed by atoms with E-state index in [1.807, 2.05) is 13.8 Å². The van der Waals surface area contributed by atoms with Crippen LogP contribution in [-0.2, 0) is 0 Å². The minimum atomic E-state index is -0.560. The Morgan fingerprint density at radius 2 is 1.83 bits per heavy atom. The van der Waals surface area contributed by atoms with Crippen LogP contribution in [0.3, 0.4) is 0 Å². The summed E-state index contributed by atoms with van der Waals surface area (Å²) < 4.78 is 0. The molecule has 2 rings (SSSR count). The normalized spacial score (nSPS) is 28.5. The van der Waals surface area contributed by atoms with Gasteiger partial charge < -0.3 is 15.3 Å². The van der Waals surface area contributed by atoms with Crippen LogP contribution in [0.15, 0.2) is 0 Å². The third-order valence-corrected chi connectivity index (χ3v) is 3.99. The van der Waals surface area contributed by atoms with E-state index in [1.54, 1.807) is 0 Å². The lowest BCUT2D eigenvalue weighted by molar-refractivity contribution is 0.0152. The van der Waals surface area contributed by atoms with Gasteiger partial charge in [0.25, 0.3) is 0 Å². The molecule has 0 aromatic heterocycles. The average molecular weight is 255 g/mol. The van der Waals surface area contributed by atoms with Crippen molar-refractivity contribution in [3.8, 4) is 0 Å². The van der Waals surface area contributed by atoms with Crippen LogP contribution < -0.4 is 5.32 Å². The third kappa shape index (κ3) is 4.84. The van der Waals surface area contributed by atoms with E-state index in [0.717, 1.165) is 38.6 Å². The van der Waals surface area contributed by atoms with Gasteiger partial charge in [0.15, 0.2) is 0 Å². The number of piperazine rings is 1. The van der Waals surface area contributed by atoms with E-state index in [-0.39, 0.29) is 0 Å². The van der Waals surface area contributed by atoms with Gasteiger partial charge in [-0.2, -0.15) is 0 Å². The molecular formula is C14H29N3O. The van der Waals surface area contributed by atoms with Crippen LogP contribution in [0.2, 0.25) is 0 Å². The van der Waals surface area contributed by atoms with Crippen LogP contribution in [0.5, 0.6) is 0 Å². The summed E-state index contributed by atoms with van der Waals surface area (Å²) in [6.07, 6.45) is 2.72. The molecule has 0 aliphatic carbocycles. The first-order chi connectivity index (χ1) is 8.53. The van der Waals surface area contributed by atoms with Crippen LogP contribution in [-0.4, -0.2) is 72.9 Å². The van der Waals surface area contributed by atoms with Crippen molar-refractivity contribution in [2.75, 3.05) is 52.4 Å². The molecule has 2 saturated heterocycles. The largest absolute Gasteiger partial charge is 0.389 e. The van der Waals surface area contributed by atoms with Crippen molar-refractivity contribution in [1.29, 1.82) is 0 Å². The predicted octanol–water partition coefficient (Wildman–Crippen LogP) is 0.375. The lowest BCUT2D eigenvalue weighted by Gasteiger charge is -2.39. The van der Waals surface area contributed by atoms with Crippen molar-refractivity contribution in [2.24, 2.45) is 5.92 Å². The van der Waals surface area contributed by atoms with E-state index >= 15 is 0 Å². The van der Waals surface area contributed by atoms with Gasteiger partial charge in [0.1, 0.15) is 0 Å². The highest BCUT2D eigenvalue weighted by molar-refractivity contribution is 4.80. The Kier molecular flexibility index (Phi) is 5.01. The van der Waals surface area contributed by atoms with Crippen LogP contribution >= 0.6 is 0 Å². The maximum absolute atomic E-state index is 9.83. The van der Waals surface area contributed by atoms with Crippen LogP contribution in [0, 0.1) is 5.92 Å². The molecule has 0 spiro atoms. The van der Waals surface area contributed by atoms with Gasteiger partial charge in [-0.15, -0.1) is 0 Å². The van der Waals surface area contributed by atoms with E-state index in [2.05, 4.69) is 15.1 Å². The number of hydrogen-bond donors (Lipinski definition) is 2. The Morgan fingerprint density at radius 1 is 1.17 bits per heavy atom. The maximum atomic E-state index is 9.83. The Bertz CT molecular complexity index is 238. The van der Waals surface area contributed by atoms with E-state index in [9.17, 15) is 5.11 Å². The second kappa shape index (κ2) is 6.33. The van der Waals surface area contributed by atoms with E-state index in [0.29, 0.717) is 0 Å². The van der Waals surface area contributed by atoms with Crippen LogP contribution in [0.4, 0.5) is 0 Å². The summed E-state index contributed by atoms with van der Waals surface area (Å²) in [5.41, 5.74) is -0.560. The lowest BCUT2D eigenvalue weighted by atomic mass is 9.99. The molecule has 1 atom stereocenters. The molecule has 0 bridgehead atoms. The first kappa shape index (κ1) is 14.3. The van der Waals surface area contributed by atoms with Crippen molar-refractivity contribution < 1.29 is 5.11 Å². The molecule has 18 heavy (non-hydrogen) atoms. The highest BCUT2D eigenvalue weighted by atomic mass is 16.3. The second-order valence-electron chi connectivity index (χ2n) is 6.60. The van der Waals surface area contributed by atoms with Crippen molar-refractivity contribution in [3.05, 3.63) is 0 Å². The second-order valence-corrected chi connectivity index (χ2v) is 6.60. The molecule has 4 heteroatoms. The van der Waals surface area contributed by atoms with Crippen molar-refractivity contribution in [1.82, 2.24) is 15.1 Å². The molecule has 106 valence electrons. The van der Waals surface area contributed by atoms with Crippen molar-refractivity contribution in [3.63, 3.8) is 0 Å². The van der Waals surface area contributed by atoms with Gasteiger partial charge in [0.05, 0.1) is 5.60 Å². The summed E-state index contributed by atoms with van der Waals surface area (Å²) in [4.78, 5) is 4.98. The number of nitrogens with zero attached hydrogens (tertiary/aromatic N) is 2. The molecule has 2 heterocycles. The fraction of sp³-hybridized carbons (Fsp3) is 1.00. The number of hydrogen-bond acceptors (Lipinski definition) is 4. The van der Waals surface area contributed by atoms with Crippen molar-refractivity contribution >= 4 is 0 Å². The zero-order valence-corrected chi connectivity index (χ0v) is 12.0. The van der Waals surface area contributed by atoms with Gasteiger partial charge in [0.2, 0.25) is 0 Å². The Morgan fingerprint density at radius 3 is 2.39 bits per heavy atom. The smallest absolute Gasteiger partial charge is 0.0718 e. The molecule has 1 unspecified atom stereocenters. The average Bonchev–Trinajstić information content (AvgIpc) is 2.31. The summed E-state index contributed by atoms with van der Waals surface area (Å²) in [6.45, 7) is 12.8. The molecule has 0 radical (unpaired) electrons. The van der Waals surface area contributed by atoms with Crippen LogP contribution in [0.25, 0.3) is 0 Å². The molecule has 4 nitrogen and oxygen atoms in total. The molecule has 0 aromatic carbocycles. The lowest BCUT2D eigenvalue weighted by Crippen LogP contribution is -2.52. The zero-order chi connectivity index (χ0) is 13.0. The number of nitrogens with one attached hydrogen (secondary N) is 1. The summed E-state index contributed by atoms with van der Waals surface area (Å²) in [7, 11) is 0. The number of piperidine rings is 1. The zero-order valence-electron chi connectivity index (χ0n) is 12.0. The minimum Gasteiger partial charge on any atom is -0.389 e. The molecule has 0 amide bonds. The van der Waals surface area contributed by atoms with Crippen molar-refractivity contribution in [2.45, 2.75) is 32.3 Å². The number of aliphatic hydroxyl groups is 1. The third-order valence-electron chi connectivity index (χ3n) is 3.99. The van der Waals surface area contributed by atoms with Gasteiger partial charge in [-0.1, -0.05) is 0 Å². The fourth-order valence-corrected chi connectivity index (χ4v) is 3.12. The first-order valence-corrected chi connectivity index (χ1v) is 7.41. The molecule has 2 aliphatic rings. The predicted molar refractivity (Wildman–Crippen MR) is 74.8 cm³/mol. The fourth-order valence-electron chi connectivity index (χ4n) is 3.12. The highest BCUT2D eigenvalue weighted by Gasteiger charge is 2.24. The van der Waals surface area contributed by atoms with Gasteiger partial charge in [0, 0.05) is 39.3 Å². The summed E-state index contributed by atoms with van der Waals surface area (Å²) in [5, 5.41) is 13.3. The van der Waals surface area contributed by atoms with Gasteiger partial charge in [-0.25, -0.2) is 0 Å². The van der Waals surface area contributed by atoms with Crippen LogP contribution in [0.1, 0.15) is 26.7 Å². The summed E-state index contributed by atoms with van der Waals surface area (Å²) in [5.74, 6) is 0.847. The molecule has 2 fully saturated rings. The summed E-state index contributed by atoms with van der Waals surface area (Å²) >= 11 is 0. The van der Waals surface area contributed by atoms with E-state index < -0.39 is 5.60 Å². The quantitative estimate of drug-likeness (QED) is 0.761. The standard InChI is InChI=1S/C14H29N3O/c1-14(2,18)12-17-8-6-16(7-9-17)11-13-4-3-5-15-10-13/h13,15,18H,3-12H2,1-2H3. The Hall–Kier alpha value is -0.160.